The standard InChI is InChI=1S/C22H35N7O/c1-14(2)18(13-30)24-22-25-20(23-12-17-10-8-7-9-11-17)19-21(26-22)29(16(5)6)27-28(19)15(3)4/h7-11,14-16,18,27,30H,12-13H2,1-6H3,(H2,23,24,25,26)/t18-/m0/s1. The van der Waals surface area contributed by atoms with E-state index < -0.39 is 0 Å². The Hall–Kier alpha value is -2.58. The number of aliphatic hydroxyl groups excluding tert-OH is 1. The number of anilines is 4. The second-order valence-corrected chi connectivity index (χ2v) is 8.61. The predicted molar refractivity (Wildman–Crippen MR) is 124 cm³/mol. The van der Waals surface area contributed by atoms with E-state index in [1.54, 1.807) is 0 Å². The SMILES string of the molecule is CC(C)[C@H](CO)Nc1nc(NCc2ccccc2)c2c(n1)N(C(C)C)NN2C(C)C. The van der Waals surface area contributed by atoms with Gasteiger partial charge in [0.25, 0.3) is 0 Å². The third-order valence-corrected chi connectivity index (χ3v) is 5.20. The minimum absolute atomic E-state index is 0.0230. The average Bonchev–Trinajstić information content (AvgIpc) is 3.11. The van der Waals surface area contributed by atoms with Crippen molar-refractivity contribution in [3.05, 3.63) is 35.9 Å². The first-order valence-electron chi connectivity index (χ1n) is 10.7. The van der Waals surface area contributed by atoms with Crippen molar-refractivity contribution in [3.63, 3.8) is 0 Å². The molecule has 3 rings (SSSR count). The van der Waals surface area contributed by atoms with Gasteiger partial charge in [-0.15, -0.1) is 5.53 Å². The van der Waals surface area contributed by atoms with Crippen LogP contribution in [0.3, 0.4) is 0 Å². The Labute approximate surface area is 179 Å². The van der Waals surface area contributed by atoms with Crippen molar-refractivity contribution in [2.24, 2.45) is 5.92 Å². The highest BCUT2D eigenvalue weighted by Crippen LogP contribution is 2.40. The van der Waals surface area contributed by atoms with Crippen LogP contribution in [0.5, 0.6) is 0 Å². The van der Waals surface area contributed by atoms with Gasteiger partial charge < -0.3 is 15.7 Å². The van der Waals surface area contributed by atoms with Crippen LogP contribution in [0.4, 0.5) is 23.3 Å². The molecule has 30 heavy (non-hydrogen) atoms. The van der Waals surface area contributed by atoms with Gasteiger partial charge in [0.1, 0.15) is 5.69 Å². The Morgan fingerprint density at radius 1 is 0.967 bits per heavy atom. The van der Waals surface area contributed by atoms with Gasteiger partial charge in [0.05, 0.1) is 12.6 Å². The largest absolute Gasteiger partial charge is 0.394 e. The van der Waals surface area contributed by atoms with Crippen LogP contribution < -0.4 is 26.2 Å². The summed E-state index contributed by atoms with van der Waals surface area (Å²) in [6, 6.07) is 10.6. The summed E-state index contributed by atoms with van der Waals surface area (Å²) >= 11 is 0. The lowest BCUT2D eigenvalue weighted by Gasteiger charge is -2.27. The summed E-state index contributed by atoms with van der Waals surface area (Å²) in [6.45, 7) is 13.3. The van der Waals surface area contributed by atoms with Crippen molar-refractivity contribution >= 4 is 23.3 Å². The van der Waals surface area contributed by atoms with Gasteiger partial charge in [0.15, 0.2) is 11.6 Å². The zero-order valence-electron chi connectivity index (χ0n) is 18.8. The molecule has 4 N–H and O–H groups in total. The Balaban J connectivity index is 2.01. The molecular weight excluding hydrogens is 378 g/mol. The molecule has 0 unspecified atom stereocenters. The molecule has 1 aromatic carbocycles. The quantitative estimate of drug-likeness (QED) is 0.498. The molecule has 0 fully saturated rings. The van der Waals surface area contributed by atoms with Crippen molar-refractivity contribution in [3.8, 4) is 0 Å². The molecule has 1 aliphatic heterocycles. The number of nitrogens with one attached hydrogen (secondary N) is 3. The molecule has 8 heteroatoms. The molecule has 0 aliphatic carbocycles. The van der Waals surface area contributed by atoms with Gasteiger partial charge in [-0.25, -0.2) is 0 Å². The first kappa shape index (κ1) is 22.1. The van der Waals surface area contributed by atoms with E-state index in [0.717, 1.165) is 17.3 Å². The third-order valence-electron chi connectivity index (χ3n) is 5.20. The maximum absolute atomic E-state index is 9.76. The Kier molecular flexibility index (Phi) is 6.99. The summed E-state index contributed by atoms with van der Waals surface area (Å²) in [5.41, 5.74) is 5.57. The molecule has 0 bridgehead atoms. The van der Waals surface area contributed by atoms with Crippen molar-refractivity contribution < 1.29 is 5.11 Å². The lowest BCUT2D eigenvalue weighted by molar-refractivity contribution is 0.248. The fourth-order valence-corrected chi connectivity index (χ4v) is 3.34. The monoisotopic (exact) mass is 413 g/mol. The minimum atomic E-state index is -0.118. The summed E-state index contributed by atoms with van der Waals surface area (Å²) in [5.74, 6) is 2.34. The van der Waals surface area contributed by atoms with E-state index in [1.807, 2.05) is 18.2 Å². The minimum Gasteiger partial charge on any atom is -0.394 e. The van der Waals surface area contributed by atoms with Gasteiger partial charge in [0, 0.05) is 18.6 Å². The first-order chi connectivity index (χ1) is 14.3. The Morgan fingerprint density at radius 2 is 1.63 bits per heavy atom. The van der Waals surface area contributed by atoms with Crippen LogP contribution in [-0.2, 0) is 6.54 Å². The van der Waals surface area contributed by atoms with Gasteiger partial charge in [-0.05, 0) is 39.2 Å². The summed E-state index contributed by atoms with van der Waals surface area (Å²) in [6.07, 6.45) is 0. The normalized spacial score (nSPS) is 14.6. The highest BCUT2D eigenvalue weighted by molar-refractivity contribution is 5.83. The van der Waals surface area contributed by atoms with Crippen LogP contribution in [0, 0.1) is 5.92 Å². The molecule has 0 saturated heterocycles. The summed E-state index contributed by atoms with van der Waals surface area (Å²) in [5, 5.41) is 20.7. The van der Waals surface area contributed by atoms with Crippen molar-refractivity contribution in [1.82, 2.24) is 15.5 Å². The zero-order chi connectivity index (χ0) is 21.8. The molecule has 1 atom stereocenters. The molecule has 1 aromatic heterocycles. The van der Waals surface area contributed by atoms with Crippen LogP contribution in [-0.4, -0.2) is 39.8 Å². The van der Waals surface area contributed by atoms with Gasteiger partial charge >= 0.3 is 0 Å². The van der Waals surface area contributed by atoms with Crippen LogP contribution in [0.25, 0.3) is 0 Å². The highest BCUT2D eigenvalue weighted by Gasteiger charge is 2.35. The molecule has 0 spiro atoms. The molecule has 0 saturated carbocycles. The summed E-state index contributed by atoms with van der Waals surface area (Å²) < 4.78 is 0. The van der Waals surface area contributed by atoms with Gasteiger partial charge in [-0.1, -0.05) is 44.2 Å². The van der Waals surface area contributed by atoms with E-state index in [4.69, 9.17) is 9.97 Å². The Bertz CT molecular complexity index is 826. The predicted octanol–water partition coefficient (Wildman–Crippen LogP) is 3.38. The van der Waals surface area contributed by atoms with E-state index >= 15 is 0 Å². The maximum atomic E-state index is 9.76. The molecule has 2 heterocycles. The number of rotatable bonds is 9. The first-order valence-corrected chi connectivity index (χ1v) is 10.7. The average molecular weight is 414 g/mol. The number of hydrazine groups is 2. The van der Waals surface area contributed by atoms with Gasteiger partial charge in [0.2, 0.25) is 5.95 Å². The zero-order valence-corrected chi connectivity index (χ0v) is 18.8. The fraction of sp³-hybridized carbons (Fsp3) is 0.545. The van der Waals surface area contributed by atoms with Crippen molar-refractivity contribution in [2.75, 3.05) is 27.3 Å². The van der Waals surface area contributed by atoms with Crippen LogP contribution in [0.15, 0.2) is 30.3 Å². The maximum Gasteiger partial charge on any atom is 0.227 e. The second-order valence-electron chi connectivity index (χ2n) is 8.61. The molecule has 8 nitrogen and oxygen atoms in total. The van der Waals surface area contributed by atoms with Gasteiger partial charge in [-0.3, -0.25) is 10.0 Å². The van der Waals surface area contributed by atoms with Crippen molar-refractivity contribution in [1.29, 1.82) is 0 Å². The van der Waals surface area contributed by atoms with Gasteiger partial charge in [-0.2, -0.15) is 9.97 Å². The number of aromatic nitrogens is 2. The number of aliphatic hydroxyl groups is 1. The summed E-state index contributed by atoms with van der Waals surface area (Å²) in [4.78, 5) is 9.63. The third kappa shape index (κ3) is 4.76. The van der Waals surface area contributed by atoms with E-state index in [-0.39, 0.29) is 30.7 Å². The van der Waals surface area contributed by atoms with Crippen LogP contribution in [0.1, 0.15) is 47.1 Å². The fourth-order valence-electron chi connectivity index (χ4n) is 3.34. The lowest BCUT2D eigenvalue weighted by Crippen LogP contribution is -2.50. The number of hydrogen-bond donors (Lipinski definition) is 4. The van der Waals surface area contributed by atoms with Crippen LogP contribution in [0.2, 0.25) is 0 Å². The van der Waals surface area contributed by atoms with Crippen molar-refractivity contribution in [2.45, 2.75) is 66.2 Å². The number of nitrogens with zero attached hydrogens (tertiary/aromatic N) is 4. The number of fused-ring (bicyclic) bond motifs is 1. The number of hydrogen-bond acceptors (Lipinski definition) is 8. The van der Waals surface area contributed by atoms with E-state index in [9.17, 15) is 5.11 Å². The lowest BCUT2D eigenvalue weighted by atomic mass is 10.1. The van der Waals surface area contributed by atoms with E-state index in [2.05, 4.69) is 79.9 Å². The Morgan fingerprint density at radius 3 is 2.20 bits per heavy atom. The molecule has 0 radical (unpaired) electrons. The molecule has 1 aliphatic rings. The number of benzene rings is 1. The van der Waals surface area contributed by atoms with E-state index in [0.29, 0.717) is 12.5 Å². The smallest absolute Gasteiger partial charge is 0.227 e. The molecular formula is C22H35N7O. The van der Waals surface area contributed by atoms with E-state index in [1.165, 1.54) is 5.56 Å². The second kappa shape index (κ2) is 9.49. The topological polar surface area (TPSA) is 88.6 Å². The van der Waals surface area contributed by atoms with Crippen LogP contribution >= 0.6 is 0 Å². The highest BCUT2D eigenvalue weighted by atomic mass is 16.3. The molecule has 0 amide bonds. The molecule has 2 aromatic rings. The summed E-state index contributed by atoms with van der Waals surface area (Å²) in [7, 11) is 0. The molecule has 164 valence electrons.